The van der Waals surface area contributed by atoms with Gasteiger partial charge in [0.1, 0.15) is 0 Å². The van der Waals surface area contributed by atoms with Gasteiger partial charge in [-0.15, -0.1) is 0 Å². The van der Waals surface area contributed by atoms with Gasteiger partial charge in [0.15, 0.2) is 0 Å². The molecule has 1 aromatic carbocycles. The van der Waals surface area contributed by atoms with Crippen molar-refractivity contribution in [2.75, 3.05) is 26.2 Å². The number of piperidine rings is 2. The summed E-state index contributed by atoms with van der Waals surface area (Å²) in [4.78, 5) is 13.2. The van der Waals surface area contributed by atoms with Crippen LogP contribution < -0.4 is 5.69 Å². The van der Waals surface area contributed by atoms with Crippen molar-refractivity contribution < 1.29 is 0 Å². The van der Waals surface area contributed by atoms with E-state index < -0.39 is 0 Å². The van der Waals surface area contributed by atoms with Crippen LogP contribution in [0.2, 0.25) is 0 Å². The minimum Gasteiger partial charge on any atom is -0.246 e. The van der Waals surface area contributed by atoms with Crippen molar-refractivity contribution in [3.63, 3.8) is 0 Å². The minimum absolute atomic E-state index is 0.0673. The lowest BCUT2D eigenvalue weighted by Gasteiger charge is -2.29. The van der Waals surface area contributed by atoms with E-state index in [1.165, 1.54) is 25.7 Å². The molecule has 2 fully saturated rings. The molecule has 0 aliphatic carbocycles. The zero-order valence-corrected chi connectivity index (χ0v) is 17.3. The molecule has 3 heterocycles. The highest BCUT2D eigenvalue weighted by molar-refractivity contribution is 7.96. The first-order valence-electron chi connectivity index (χ1n) is 9.71. The van der Waals surface area contributed by atoms with Crippen molar-refractivity contribution in [3.8, 4) is 0 Å². The predicted octanol–water partition coefficient (Wildman–Crippen LogP) is 4.09. The average Bonchev–Trinajstić information content (AvgIpc) is 2.88. The molecule has 2 aliphatic rings. The molecule has 4 rings (SSSR count). The molecule has 142 valence electrons. The van der Waals surface area contributed by atoms with E-state index in [1.807, 2.05) is 20.1 Å². The third kappa shape index (κ3) is 3.86. The van der Waals surface area contributed by atoms with Crippen LogP contribution in [0.25, 0.3) is 11.0 Å². The van der Waals surface area contributed by atoms with Gasteiger partial charge in [-0.05, 0) is 49.7 Å². The average molecular weight is 393 g/mol. The standard InChI is InChI=1S/C19H28N4OS2/c1-15-7-5-11-20(13-15)25-22-17-9-3-4-10-18(17)23(19(22)24)26-21-12-6-8-16(2)14-21/h3-4,9-10,15-16H,5-8,11-14H2,1-2H3. The molecule has 0 bridgehead atoms. The van der Waals surface area contributed by atoms with Crippen LogP contribution in [0, 0.1) is 11.8 Å². The second kappa shape index (κ2) is 8.00. The summed E-state index contributed by atoms with van der Waals surface area (Å²) in [6.07, 6.45) is 5.00. The number of aromatic nitrogens is 2. The van der Waals surface area contributed by atoms with Crippen LogP contribution in [0.3, 0.4) is 0 Å². The van der Waals surface area contributed by atoms with E-state index in [0.717, 1.165) is 37.2 Å². The monoisotopic (exact) mass is 392 g/mol. The number of hydrogen-bond donors (Lipinski definition) is 0. The van der Waals surface area contributed by atoms with E-state index in [9.17, 15) is 4.79 Å². The summed E-state index contributed by atoms with van der Waals surface area (Å²) in [5.41, 5.74) is 2.09. The molecule has 2 saturated heterocycles. The number of hydrogen-bond acceptors (Lipinski definition) is 5. The Morgan fingerprint density at radius 3 is 1.73 bits per heavy atom. The molecule has 2 unspecified atom stereocenters. The third-order valence-electron chi connectivity index (χ3n) is 5.30. The van der Waals surface area contributed by atoms with Gasteiger partial charge in [-0.3, -0.25) is 0 Å². The molecule has 0 amide bonds. The smallest absolute Gasteiger partial charge is 0.246 e. The van der Waals surface area contributed by atoms with Gasteiger partial charge in [-0.25, -0.2) is 21.3 Å². The summed E-state index contributed by atoms with van der Waals surface area (Å²) in [5.74, 6) is 1.40. The summed E-state index contributed by atoms with van der Waals surface area (Å²) < 4.78 is 8.46. The molecule has 0 saturated carbocycles. The van der Waals surface area contributed by atoms with Crippen LogP contribution in [-0.4, -0.2) is 42.7 Å². The SMILES string of the molecule is CC1CCCN(Sn2c(=O)n(SN3CCCC(C)C3)c3ccccc32)C1. The van der Waals surface area contributed by atoms with Gasteiger partial charge in [-0.2, -0.15) is 0 Å². The molecule has 2 atom stereocenters. The van der Waals surface area contributed by atoms with E-state index >= 15 is 0 Å². The molecule has 7 heteroatoms. The van der Waals surface area contributed by atoms with E-state index in [4.69, 9.17) is 0 Å². The molecule has 0 N–H and O–H groups in total. The normalized spacial score (nSPS) is 25.8. The summed E-state index contributed by atoms with van der Waals surface area (Å²) >= 11 is 3.19. The molecule has 5 nitrogen and oxygen atoms in total. The molecular weight excluding hydrogens is 364 g/mol. The van der Waals surface area contributed by atoms with Crippen molar-refractivity contribution >= 4 is 35.3 Å². The van der Waals surface area contributed by atoms with E-state index in [1.54, 1.807) is 24.3 Å². The van der Waals surface area contributed by atoms with Crippen LogP contribution in [0.1, 0.15) is 39.5 Å². The lowest BCUT2D eigenvalue weighted by atomic mass is 10.0. The second-order valence-electron chi connectivity index (χ2n) is 7.79. The first kappa shape index (κ1) is 18.5. The Labute approximate surface area is 164 Å². The Balaban J connectivity index is 1.63. The Bertz CT molecular complexity index is 753. The molecule has 0 spiro atoms. The second-order valence-corrected chi connectivity index (χ2v) is 9.88. The maximum absolute atomic E-state index is 13.2. The van der Waals surface area contributed by atoms with E-state index in [0.29, 0.717) is 11.8 Å². The van der Waals surface area contributed by atoms with Gasteiger partial charge in [-0.1, -0.05) is 26.0 Å². The molecule has 1 aromatic heterocycles. The molecule has 26 heavy (non-hydrogen) atoms. The Morgan fingerprint density at radius 2 is 1.31 bits per heavy atom. The van der Waals surface area contributed by atoms with E-state index in [2.05, 4.69) is 34.6 Å². The quantitative estimate of drug-likeness (QED) is 0.732. The minimum atomic E-state index is 0.0673. The first-order chi connectivity index (χ1) is 12.6. The number of fused-ring (bicyclic) bond motifs is 1. The highest BCUT2D eigenvalue weighted by Crippen LogP contribution is 2.29. The van der Waals surface area contributed by atoms with Crippen molar-refractivity contribution in [1.82, 2.24) is 16.6 Å². The van der Waals surface area contributed by atoms with Gasteiger partial charge < -0.3 is 0 Å². The lowest BCUT2D eigenvalue weighted by molar-refractivity contribution is 0.300. The zero-order chi connectivity index (χ0) is 18.1. The van der Waals surface area contributed by atoms with Crippen LogP contribution in [0.5, 0.6) is 0 Å². The maximum Gasteiger partial charge on any atom is 0.351 e. The summed E-state index contributed by atoms with van der Waals surface area (Å²) in [7, 11) is 0. The number of benzene rings is 1. The highest BCUT2D eigenvalue weighted by Gasteiger charge is 2.24. The van der Waals surface area contributed by atoms with Crippen molar-refractivity contribution in [1.29, 1.82) is 0 Å². The van der Waals surface area contributed by atoms with Gasteiger partial charge >= 0.3 is 5.69 Å². The van der Waals surface area contributed by atoms with Crippen LogP contribution >= 0.6 is 24.3 Å². The fourth-order valence-electron chi connectivity index (χ4n) is 3.93. The highest BCUT2D eigenvalue weighted by atomic mass is 32.2. The Morgan fingerprint density at radius 1 is 0.846 bits per heavy atom. The molecule has 2 aliphatic heterocycles. The van der Waals surface area contributed by atoms with Crippen LogP contribution in [0.15, 0.2) is 29.1 Å². The van der Waals surface area contributed by atoms with Crippen molar-refractivity contribution in [2.24, 2.45) is 11.8 Å². The lowest BCUT2D eigenvalue weighted by Crippen LogP contribution is -2.33. The van der Waals surface area contributed by atoms with Gasteiger partial charge in [0.2, 0.25) is 0 Å². The predicted molar refractivity (Wildman–Crippen MR) is 112 cm³/mol. The zero-order valence-electron chi connectivity index (χ0n) is 15.6. The van der Waals surface area contributed by atoms with Gasteiger partial charge in [0, 0.05) is 50.4 Å². The third-order valence-corrected chi connectivity index (χ3v) is 7.46. The largest absolute Gasteiger partial charge is 0.351 e. The molecule has 2 aromatic rings. The Kier molecular flexibility index (Phi) is 5.69. The maximum atomic E-state index is 13.2. The van der Waals surface area contributed by atoms with Crippen molar-refractivity contribution in [3.05, 3.63) is 34.7 Å². The van der Waals surface area contributed by atoms with Crippen molar-refractivity contribution in [2.45, 2.75) is 39.5 Å². The summed E-state index contributed by atoms with van der Waals surface area (Å²) in [6.45, 7) is 8.80. The number of imidazole rings is 1. The van der Waals surface area contributed by atoms with E-state index in [-0.39, 0.29) is 5.69 Å². The fourth-order valence-corrected chi connectivity index (χ4v) is 6.29. The van der Waals surface area contributed by atoms with Gasteiger partial charge in [0.05, 0.1) is 11.0 Å². The molecular formula is C19H28N4OS2. The number of para-hydroxylation sites is 2. The van der Waals surface area contributed by atoms with Crippen LogP contribution in [0.4, 0.5) is 0 Å². The summed E-state index contributed by atoms with van der Waals surface area (Å²) in [5, 5.41) is 0. The molecule has 0 radical (unpaired) electrons. The first-order valence-corrected chi connectivity index (χ1v) is 11.2. The fraction of sp³-hybridized carbons (Fsp3) is 0.632. The summed E-state index contributed by atoms with van der Waals surface area (Å²) in [6, 6.07) is 8.17. The Hall–Kier alpha value is -0.890. The van der Waals surface area contributed by atoms with Gasteiger partial charge in [0.25, 0.3) is 0 Å². The number of rotatable bonds is 4. The number of nitrogens with zero attached hydrogens (tertiary/aromatic N) is 4. The topological polar surface area (TPSA) is 33.4 Å². The van der Waals surface area contributed by atoms with Crippen LogP contribution in [-0.2, 0) is 0 Å².